The minimum absolute atomic E-state index is 0.199. The van der Waals surface area contributed by atoms with Crippen molar-refractivity contribution in [3.05, 3.63) is 90.1 Å². The highest BCUT2D eigenvalue weighted by Gasteiger charge is 2.24. The number of hydrogen-bond donors (Lipinski definition) is 0. The molecule has 0 fully saturated rings. The number of pyridine rings is 1. The first-order valence-electron chi connectivity index (χ1n) is 9.20. The van der Waals surface area contributed by atoms with Gasteiger partial charge in [0.25, 0.3) is 0 Å². The van der Waals surface area contributed by atoms with Gasteiger partial charge in [-0.15, -0.1) is 0 Å². The Balaban J connectivity index is 1.53. The third-order valence-electron chi connectivity index (χ3n) is 5.32. The SMILES string of the molecule is C=C1c2cccnc2CN1Cc1cccc(-c2cccc3nn(C)cc23)c1F. The van der Waals surface area contributed by atoms with Crippen LogP contribution in [0.15, 0.2) is 67.5 Å². The normalized spacial score (nSPS) is 13.4. The number of fused-ring (bicyclic) bond motifs is 2. The molecule has 2 aromatic heterocycles. The quantitative estimate of drug-likeness (QED) is 0.521. The first-order valence-corrected chi connectivity index (χ1v) is 9.20. The van der Waals surface area contributed by atoms with Crippen LogP contribution in [0.1, 0.15) is 16.8 Å². The molecule has 2 aromatic carbocycles. The van der Waals surface area contributed by atoms with Crippen molar-refractivity contribution in [1.82, 2.24) is 19.7 Å². The molecular weight excluding hydrogens is 351 g/mol. The standard InChI is InChI=1S/C23H19FN4/c1-15-17-9-5-11-25-22(17)14-28(15)12-16-6-3-8-19(23(16)24)18-7-4-10-21-20(18)13-27(2)26-21/h3-11,13H,1,12,14H2,2H3. The van der Waals surface area contributed by atoms with Gasteiger partial charge in [0.05, 0.1) is 17.8 Å². The van der Waals surface area contributed by atoms with Crippen molar-refractivity contribution in [2.24, 2.45) is 7.05 Å². The zero-order chi connectivity index (χ0) is 19.3. The molecule has 0 amide bonds. The Morgan fingerprint density at radius 2 is 1.82 bits per heavy atom. The summed E-state index contributed by atoms with van der Waals surface area (Å²) >= 11 is 0. The van der Waals surface area contributed by atoms with Crippen molar-refractivity contribution in [3.63, 3.8) is 0 Å². The van der Waals surface area contributed by atoms with Crippen LogP contribution in [0.4, 0.5) is 4.39 Å². The molecule has 1 aliphatic heterocycles. The number of aromatic nitrogens is 3. The molecule has 3 heterocycles. The summed E-state index contributed by atoms with van der Waals surface area (Å²) in [6.45, 7) is 5.29. The maximum Gasteiger partial charge on any atom is 0.136 e. The summed E-state index contributed by atoms with van der Waals surface area (Å²) in [5, 5.41) is 5.38. The Morgan fingerprint density at radius 1 is 1.04 bits per heavy atom. The third kappa shape index (κ3) is 2.59. The van der Waals surface area contributed by atoms with Crippen LogP contribution < -0.4 is 0 Å². The highest BCUT2D eigenvalue weighted by Crippen LogP contribution is 2.34. The van der Waals surface area contributed by atoms with E-state index in [4.69, 9.17) is 0 Å². The van der Waals surface area contributed by atoms with Crippen LogP contribution in [-0.4, -0.2) is 19.7 Å². The maximum absolute atomic E-state index is 15.5. The predicted octanol–water partition coefficient (Wildman–Crippen LogP) is 4.76. The van der Waals surface area contributed by atoms with E-state index in [1.807, 2.05) is 61.8 Å². The molecule has 138 valence electrons. The Bertz CT molecular complexity index is 1220. The van der Waals surface area contributed by atoms with Crippen molar-refractivity contribution in [2.75, 3.05) is 0 Å². The van der Waals surface area contributed by atoms with E-state index in [0.29, 0.717) is 24.2 Å². The molecule has 0 atom stereocenters. The largest absolute Gasteiger partial charge is 0.361 e. The fourth-order valence-electron chi connectivity index (χ4n) is 3.94. The van der Waals surface area contributed by atoms with Gasteiger partial charge in [0.1, 0.15) is 5.82 Å². The highest BCUT2D eigenvalue weighted by atomic mass is 19.1. The van der Waals surface area contributed by atoms with Gasteiger partial charge in [0.15, 0.2) is 0 Å². The van der Waals surface area contributed by atoms with E-state index in [-0.39, 0.29) is 5.82 Å². The molecule has 0 saturated heterocycles. The number of nitrogens with zero attached hydrogens (tertiary/aromatic N) is 4. The molecule has 0 aliphatic carbocycles. The summed E-state index contributed by atoms with van der Waals surface area (Å²) in [6.07, 6.45) is 3.72. The average molecular weight is 370 g/mol. The lowest BCUT2D eigenvalue weighted by atomic mass is 9.99. The van der Waals surface area contributed by atoms with Crippen LogP contribution in [0.5, 0.6) is 0 Å². The lowest BCUT2D eigenvalue weighted by Crippen LogP contribution is -2.15. The van der Waals surface area contributed by atoms with Gasteiger partial charge in [-0.25, -0.2) is 4.39 Å². The first-order chi connectivity index (χ1) is 13.6. The average Bonchev–Trinajstić information content (AvgIpc) is 3.23. The zero-order valence-electron chi connectivity index (χ0n) is 15.6. The van der Waals surface area contributed by atoms with E-state index in [0.717, 1.165) is 33.4 Å². The Hall–Kier alpha value is -3.47. The second kappa shape index (κ2) is 6.30. The number of aryl methyl sites for hydroxylation is 1. The minimum atomic E-state index is -0.199. The van der Waals surface area contributed by atoms with Gasteiger partial charge in [-0.05, 0) is 23.8 Å². The number of benzene rings is 2. The van der Waals surface area contributed by atoms with E-state index in [1.54, 1.807) is 10.9 Å². The maximum atomic E-state index is 15.5. The van der Waals surface area contributed by atoms with Gasteiger partial charge in [-0.3, -0.25) is 9.67 Å². The molecule has 28 heavy (non-hydrogen) atoms. The number of rotatable bonds is 3. The summed E-state index contributed by atoms with van der Waals surface area (Å²) in [6, 6.07) is 15.3. The van der Waals surface area contributed by atoms with Crippen molar-refractivity contribution in [2.45, 2.75) is 13.1 Å². The van der Waals surface area contributed by atoms with Crippen LogP contribution >= 0.6 is 0 Å². The van der Waals surface area contributed by atoms with E-state index in [2.05, 4.69) is 21.6 Å². The molecule has 4 aromatic rings. The Labute approximate surface area is 162 Å². The Morgan fingerprint density at radius 3 is 2.68 bits per heavy atom. The van der Waals surface area contributed by atoms with E-state index in [1.165, 1.54) is 0 Å². The van der Waals surface area contributed by atoms with Crippen LogP contribution in [0.2, 0.25) is 0 Å². The fourth-order valence-corrected chi connectivity index (χ4v) is 3.94. The molecule has 1 aliphatic rings. The summed E-state index contributed by atoms with van der Waals surface area (Å²) in [5.74, 6) is -0.199. The molecule has 0 spiro atoms. The Kier molecular flexibility index (Phi) is 3.76. The molecule has 0 bridgehead atoms. The summed E-state index contributed by atoms with van der Waals surface area (Å²) < 4.78 is 17.3. The number of halogens is 1. The van der Waals surface area contributed by atoms with Crippen LogP contribution in [0.25, 0.3) is 27.7 Å². The molecule has 0 N–H and O–H groups in total. The van der Waals surface area contributed by atoms with Gasteiger partial charge in [-0.2, -0.15) is 5.10 Å². The molecule has 5 heteroatoms. The lowest BCUT2D eigenvalue weighted by molar-refractivity contribution is 0.391. The van der Waals surface area contributed by atoms with Gasteiger partial charge in [0, 0.05) is 53.8 Å². The van der Waals surface area contributed by atoms with Gasteiger partial charge < -0.3 is 4.90 Å². The second-order valence-electron chi connectivity index (χ2n) is 7.12. The zero-order valence-corrected chi connectivity index (χ0v) is 15.6. The molecule has 0 saturated carbocycles. The van der Waals surface area contributed by atoms with Gasteiger partial charge in [-0.1, -0.05) is 36.9 Å². The van der Waals surface area contributed by atoms with Gasteiger partial charge in [0.2, 0.25) is 0 Å². The van der Waals surface area contributed by atoms with Crippen molar-refractivity contribution in [1.29, 1.82) is 0 Å². The lowest BCUT2D eigenvalue weighted by Gasteiger charge is -2.20. The second-order valence-corrected chi connectivity index (χ2v) is 7.12. The third-order valence-corrected chi connectivity index (χ3v) is 5.32. The molecular formula is C23H19FN4. The predicted molar refractivity (Wildman–Crippen MR) is 109 cm³/mol. The van der Waals surface area contributed by atoms with Crippen molar-refractivity contribution in [3.8, 4) is 11.1 Å². The van der Waals surface area contributed by atoms with Crippen LogP contribution in [0.3, 0.4) is 0 Å². The van der Waals surface area contributed by atoms with Crippen molar-refractivity contribution >= 4 is 16.6 Å². The highest BCUT2D eigenvalue weighted by molar-refractivity contribution is 5.94. The molecule has 0 unspecified atom stereocenters. The van der Waals surface area contributed by atoms with Crippen molar-refractivity contribution < 1.29 is 4.39 Å². The smallest absolute Gasteiger partial charge is 0.136 e. The number of hydrogen-bond acceptors (Lipinski definition) is 3. The van der Waals surface area contributed by atoms with E-state index in [9.17, 15) is 0 Å². The molecule has 4 nitrogen and oxygen atoms in total. The van der Waals surface area contributed by atoms with Crippen LogP contribution in [0, 0.1) is 5.82 Å². The van der Waals surface area contributed by atoms with Gasteiger partial charge >= 0.3 is 0 Å². The molecule has 5 rings (SSSR count). The van der Waals surface area contributed by atoms with E-state index < -0.39 is 0 Å². The summed E-state index contributed by atoms with van der Waals surface area (Å²) in [7, 11) is 1.88. The van der Waals surface area contributed by atoms with E-state index >= 15 is 4.39 Å². The van der Waals surface area contributed by atoms with Crippen LogP contribution in [-0.2, 0) is 20.1 Å². The monoisotopic (exact) mass is 370 g/mol. The fraction of sp³-hybridized carbons (Fsp3) is 0.130. The first kappa shape index (κ1) is 16.7. The summed E-state index contributed by atoms with van der Waals surface area (Å²) in [4.78, 5) is 6.49. The summed E-state index contributed by atoms with van der Waals surface area (Å²) in [5.41, 5.74) is 5.88. The minimum Gasteiger partial charge on any atom is -0.361 e. The molecule has 0 radical (unpaired) electrons. The topological polar surface area (TPSA) is 34.0 Å².